The van der Waals surface area contributed by atoms with E-state index in [9.17, 15) is 15.3 Å². The predicted molar refractivity (Wildman–Crippen MR) is 97.4 cm³/mol. The largest absolute Gasteiger partial charge is 0.393 e. The Labute approximate surface area is 151 Å². The summed E-state index contributed by atoms with van der Waals surface area (Å²) in [5, 5.41) is 32.3. The van der Waals surface area contributed by atoms with E-state index in [0.29, 0.717) is 24.7 Å². The fourth-order valence-corrected chi connectivity index (χ4v) is 7.44. The highest BCUT2D eigenvalue weighted by Crippen LogP contribution is 2.68. The van der Waals surface area contributed by atoms with E-state index in [1.165, 1.54) is 5.57 Å². The van der Waals surface area contributed by atoms with Gasteiger partial charge in [0.15, 0.2) is 0 Å². The lowest BCUT2D eigenvalue weighted by Gasteiger charge is -2.60. The standard InChI is InChI=1S/C22H32O3/c1-5-22(25)12-13(2)19-18-16(7-9-21(19,22)4)20(3)8-6-15(23)10-14(20)11-17(18)24/h1,11,13,15-19,23-25H,6-10,12H2,2-4H3/t13-,15-,16?,17+,18?,19?,20+,21+,22+/m1/s1. The van der Waals surface area contributed by atoms with Crippen molar-refractivity contribution in [2.24, 2.45) is 34.5 Å². The molecular formula is C22H32O3. The van der Waals surface area contributed by atoms with Gasteiger partial charge in [0.2, 0.25) is 0 Å². The van der Waals surface area contributed by atoms with Crippen LogP contribution < -0.4 is 0 Å². The number of terminal acetylenes is 1. The van der Waals surface area contributed by atoms with Crippen molar-refractivity contribution in [2.45, 2.75) is 77.1 Å². The second-order valence-corrected chi connectivity index (χ2v) is 9.85. The molecule has 0 aromatic carbocycles. The zero-order valence-corrected chi connectivity index (χ0v) is 15.7. The van der Waals surface area contributed by atoms with Crippen LogP contribution in [0.4, 0.5) is 0 Å². The number of fused-ring (bicyclic) bond motifs is 5. The van der Waals surface area contributed by atoms with Gasteiger partial charge in [0.25, 0.3) is 0 Å². The first-order valence-electron chi connectivity index (χ1n) is 9.94. The van der Waals surface area contributed by atoms with Crippen LogP contribution in [0.1, 0.15) is 59.3 Å². The van der Waals surface area contributed by atoms with Crippen LogP contribution in [0.15, 0.2) is 11.6 Å². The SMILES string of the molecule is C#C[C@]1(O)C[C@@H](C)C2C3C(CC[C@@]21C)[C@@]1(C)CC[C@@H](O)CC1=C[C@@H]3O. The normalized spacial score (nSPS) is 57.7. The van der Waals surface area contributed by atoms with E-state index >= 15 is 0 Å². The molecule has 3 unspecified atom stereocenters. The Hall–Kier alpha value is -0.820. The molecule has 4 rings (SSSR count). The van der Waals surface area contributed by atoms with E-state index in [1.54, 1.807) is 0 Å². The highest BCUT2D eigenvalue weighted by Gasteiger charge is 2.67. The first-order valence-corrected chi connectivity index (χ1v) is 9.94. The topological polar surface area (TPSA) is 60.7 Å². The molecule has 4 aliphatic carbocycles. The lowest BCUT2D eigenvalue weighted by Crippen LogP contribution is -2.58. The maximum Gasteiger partial charge on any atom is 0.131 e. The molecule has 3 heteroatoms. The van der Waals surface area contributed by atoms with Gasteiger partial charge in [-0.25, -0.2) is 0 Å². The van der Waals surface area contributed by atoms with E-state index in [0.717, 1.165) is 25.7 Å². The first-order chi connectivity index (χ1) is 11.7. The summed E-state index contributed by atoms with van der Waals surface area (Å²) in [4.78, 5) is 0. The predicted octanol–water partition coefficient (Wildman–Crippen LogP) is 2.89. The van der Waals surface area contributed by atoms with Gasteiger partial charge in [-0.1, -0.05) is 38.3 Å². The van der Waals surface area contributed by atoms with Gasteiger partial charge in [-0.2, -0.15) is 0 Å². The zero-order valence-electron chi connectivity index (χ0n) is 15.7. The van der Waals surface area contributed by atoms with Crippen LogP contribution in [0, 0.1) is 46.8 Å². The summed E-state index contributed by atoms with van der Waals surface area (Å²) in [5.74, 6) is 3.83. The Morgan fingerprint density at radius 1 is 1.20 bits per heavy atom. The minimum Gasteiger partial charge on any atom is -0.393 e. The van der Waals surface area contributed by atoms with Gasteiger partial charge < -0.3 is 15.3 Å². The minimum atomic E-state index is -1.06. The second-order valence-electron chi connectivity index (χ2n) is 9.85. The molecule has 3 N–H and O–H groups in total. The van der Waals surface area contributed by atoms with Crippen LogP contribution in [0.25, 0.3) is 0 Å². The summed E-state index contributed by atoms with van der Waals surface area (Å²) in [7, 11) is 0. The molecule has 4 aliphatic rings. The smallest absolute Gasteiger partial charge is 0.131 e. The van der Waals surface area contributed by atoms with Crippen molar-refractivity contribution in [1.82, 2.24) is 0 Å². The summed E-state index contributed by atoms with van der Waals surface area (Å²) in [6, 6.07) is 0. The van der Waals surface area contributed by atoms with Crippen LogP contribution >= 0.6 is 0 Å². The molecule has 0 heterocycles. The lowest BCUT2D eigenvalue weighted by molar-refractivity contribution is -0.128. The molecule has 0 spiro atoms. The highest BCUT2D eigenvalue weighted by atomic mass is 16.3. The van der Waals surface area contributed by atoms with Crippen LogP contribution in [0.5, 0.6) is 0 Å². The van der Waals surface area contributed by atoms with Crippen molar-refractivity contribution < 1.29 is 15.3 Å². The van der Waals surface area contributed by atoms with E-state index in [1.807, 2.05) is 6.08 Å². The van der Waals surface area contributed by atoms with Crippen LogP contribution in [-0.4, -0.2) is 33.1 Å². The van der Waals surface area contributed by atoms with Crippen molar-refractivity contribution >= 4 is 0 Å². The van der Waals surface area contributed by atoms with Gasteiger partial charge in [-0.3, -0.25) is 0 Å². The summed E-state index contributed by atoms with van der Waals surface area (Å²) < 4.78 is 0. The number of aliphatic hydroxyl groups excluding tert-OH is 2. The third-order valence-electron chi connectivity index (χ3n) is 8.77. The fourth-order valence-electron chi connectivity index (χ4n) is 7.44. The van der Waals surface area contributed by atoms with Crippen molar-refractivity contribution in [3.63, 3.8) is 0 Å². The number of hydrogen-bond acceptors (Lipinski definition) is 3. The average molecular weight is 344 g/mol. The molecule has 0 aliphatic heterocycles. The number of rotatable bonds is 0. The Morgan fingerprint density at radius 3 is 2.60 bits per heavy atom. The van der Waals surface area contributed by atoms with Crippen LogP contribution in [-0.2, 0) is 0 Å². The molecule has 3 saturated carbocycles. The Kier molecular flexibility index (Phi) is 3.76. The summed E-state index contributed by atoms with van der Waals surface area (Å²) in [6.45, 7) is 6.68. The van der Waals surface area contributed by atoms with E-state index in [4.69, 9.17) is 6.42 Å². The summed E-state index contributed by atoms with van der Waals surface area (Å²) >= 11 is 0. The Balaban J connectivity index is 1.78. The monoisotopic (exact) mass is 344 g/mol. The summed E-state index contributed by atoms with van der Waals surface area (Å²) in [5.41, 5.74) is -0.0585. The van der Waals surface area contributed by atoms with E-state index < -0.39 is 11.7 Å². The molecule has 3 nitrogen and oxygen atoms in total. The fraction of sp³-hybridized carbons (Fsp3) is 0.818. The van der Waals surface area contributed by atoms with Crippen molar-refractivity contribution in [3.8, 4) is 12.3 Å². The first kappa shape index (κ1) is 17.6. The van der Waals surface area contributed by atoms with Crippen LogP contribution in [0.3, 0.4) is 0 Å². The zero-order chi connectivity index (χ0) is 18.2. The van der Waals surface area contributed by atoms with E-state index in [2.05, 4.69) is 26.7 Å². The maximum absolute atomic E-state index is 11.2. The number of hydrogen-bond donors (Lipinski definition) is 3. The molecule has 0 bridgehead atoms. The third kappa shape index (κ3) is 2.11. The average Bonchev–Trinajstić information content (AvgIpc) is 2.76. The Morgan fingerprint density at radius 2 is 1.92 bits per heavy atom. The molecular weight excluding hydrogens is 312 g/mol. The van der Waals surface area contributed by atoms with Gasteiger partial charge in [0.05, 0.1) is 12.2 Å². The minimum absolute atomic E-state index is 0.0705. The molecule has 9 atom stereocenters. The lowest BCUT2D eigenvalue weighted by atomic mass is 9.46. The molecule has 0 aromatic rings. The molecule has 0 aromatic heterocycles. The van der Waals surface area contributed by atoms with Crippen molar-refractivity contribution in [1.29, 1.82) is 0 Å². The van der Waals surface area contributed by atoms with E-state index in [-0.39, 0.29) is 28.8 Å². The molecule has 0 saturated heterocycles. The quantitative estimate of drug-likeness (QED) is 0.468. The van der Waals surface area contributed by atoms with Gasteiger partial charge in [0.1, 0.15) is 5.60 Å². The van der Waals surface area contributed by atoms with Gasteiger partial charge in [-0.15, -0.1) is 6.42 Å². The van der Waals surface area contributed by atoms with Gasteiger partial charge >= 0.3 is 0 Å². The molecule has 25 heavy (non-hydrogen) atoms. The maximum atomic E-state index is 11.2. The third-order valence-corrected chi connectivity index (χ3v) is 8.77. The van der Waals surface area contributed by atoms with Crippen molar-refractivity contribution in [3.05, 3.63) is 11.6 Å². The van der Waals surface area contributed by atoms with Gasteiger partial charge in [0, 0.05) is 5.41 Å². The Bertz CT molecular complexity index is 648. The molecule has 138 valence electrons. The highest BCUT2D eigenvalue weighted by molar-refractivity contribution is 5.31. The van der Waals surface area contributed by atoms with Crippen LogP contribution in [0.2, 0.25) is 0 Å². The summed E-state index contributed by atoms with van der Waals surface area (Å²) in [6.07, 6.45) is 12.1. The molecule has 3 fully saturated rings. The second kappa shape index (κ2) is 5.35. The molecule has 0 amide bonds. The molecule has 0 radical (unpaired) electrons. The number of aliphatic hydroxyl groups is 3. The van der Waals surface area contributed by atoms with Crippen molar-refractivity contribution in [2.75, 3.05) is 0 Å². The van der Waals surface area contributed by atoms with Gasteiger partial charge in [-0.05, 0) is 67.6 Å².